The number of nitro benzene ring substituents is 1. The average molecular weight is 443 g/mol. The maximum absolute atomic E-state index is 13.2. The monoisotopic (exact) mass is 442 g/mol. The van der Waals surface area contributed by atoms with E-state index in [2.05, 4.69) is 0 Å². The fraction of sp³-hybridized carbons (Fsp3) is 0.278. The van der Waals surface area contributed by atoms with Crippen LogP contribution in [-0.4, -0.2) is 43.9 Å². The van der Waals surface area contributed by atoms with Crippen molar-refractivity contribution in [1.82, 2.24) is 4.31 Å². The third-order valence-corrected chi connectivity index (χ3v) is 5.94. The molecule has 0 aromatic heterocycles. The van der Waals surface area contributed by atoms with Crippen LogP contribution in [0.15, 0.2) is 47.4 Å². The Kier molecular flexibility index (Phi) is 7.54. The fourth-order valence-corrected chi connectivity index (χ4v) is 4.13. The molecule has 0 radical (unpaired) electrons. The number of hydrogen-bond donors (Lipinski definition) is 0. The third-order valence-electron chi connectivity index (χ3n) is 3.86. The summed E-state index contributed by atoms with van der Waals surface area (Å²) in [5.74, 6) is -0.935. The van der Waals surface area contributed by atoms with E-state index in [0.717, 1.165) is 22.5 Å². The second-order valence-electron chi connectivity index (χ2n) is 5.80. The van der Waals surface area contributed by atoms with Crippen molar-refractivity contribution in [3.05, 3.63) is 63.2 Å². The molecule has 0 N–H and O–H groups in total. The zero-order valence-electron chi connectivity index (χ0n) is 15.7. The summed E-state index contributed by atoms with van der Waals surface area (Å²) in [7, 11) is -3.05. The molecule has 0 aliphatic heterocycles. The van der Waals surface area contributed by atoms with Crippen LogP contribution in [0.5, 0.6) is 5.75 Å². The van der Waals surface area contributed by atoms with Crippen LogP contribution < -0.4 is 4.74 Å². The van der Waals surface area contributed by atoms with Crippen molar-refractivity contribution in [3.8, 4) is 5.75 Å². The van der Waals surface area contributed by atoms with Gasteiger partial charge in [-0.2, -0.15) is 4.31 Å². The van der Waals surface area contributed by atoms with Crippen LogP contribution in [0.3, 0.4) is 0 Å². The second kappa shape index (κ2) is 9.68. The number of nitro groups is 1. The Morgan fingerprint density at radius 3 is 2.41 bits per heavy atom. The van der Waals surface area contributed by atoms with Crippen LogP contribution in [0.1, 0.15) is 12.5 Å². The van der Waals surface area contributed by atoms with Gasteiger partial charge in [0.05, 0.1) is 24.7 Å². The largest absolute Gasteiger partial charge is 0.495 e. The van der Waals surface area contributed by atoms with Crippen LogP contribution in [-0.2, 0) is 26.1 Å². The van der Waals surface area contributed by atoms with Crippen molar-refractivity contribution in [2.24, 2.45) is 0 Å². The standard InChI is InChI=1S/C18H19ClN2O7S/c1-3-28-18(22)12-20(11-13-4-6-14(19)7-5-13)29(25,26)17-9-8-15(21(23)24)10-16(17)27-2/h4-10H,3,11-12H2,1-2H3. The molecule has 0 unspecified atom stereocenters. The lowest BCUT2D eigenvalue weighted by molar-refractivity contribution is -0.385. The first-order valence-electron chi connectivity index (χ1n) is 8.41. The van der Waals surface area contributed by atoms with E-state index in [-0.39, 0.29) is 29.5 Å². The highest BCUT2D eigenvalue weighted by molar-refractivity contribution is 7.89. The molecule has 0 fully saturated rings. The molecule has 156 valence electrons. The van der Waals surface area contributed by atoms with E-state index in [1.165, 1.54) is 7.11 Å². The molecular weight excluding hydrogens is 424 g/mol. The van der Waals surface area contributed by atoms with Gasteiger partial charge in [0, 0.05) is 17.6 Å². The summed E-state index contributed by atoms with van der Waals surface area (Å²) in [6, 6.07) is 9.59. The van der Waals surface area contributed by atoms with E-state index in [1.54, 1.807) is 31.2 Å². The molecule has 29 heavy (non-hydrogen) atoms. The zero-order chi connectivity index (χ0) is 21.6. The summed E-state index contributed by atoms with van der Waals surface area (Å²) in [6.45, 7) is 1.02. The maximum Gasteiger partial charge on any atom is 0.321 e. The van der Waals surface area contributed by atoms with Gasteiger partial charge in [0.2, 0.25) is 10.0 Å². The number of carbonyl (C=O) groups excluding carboxylic acids is 1. The molecule has 0 atom stereocenters. The minimum absolute atomic E-state index is 0.0918. The van der Waals surface area contributed by atoms with Gasteiger partial charge in [-0.25, -0.2) is 8.42 Å². The average Bonchev–Trinajstić information content (AvgIpc) is 2.68. The van der Waals surface area contributed by atoms with Crippen LogP contribution in [0.4, 0.5) is 5.69 Å². The predicted octanol–water partition coefficient (Wildman–Crippen LogP) is 3.01. The number of nitrogens with zero attached hydrogens (tertiary/aromatic N) is 2. The lowest BCUT2D eigenvalue weighted by Crippen LogP contribution is -2.36. The molecule has 2 rings (SSSR count). The van der Waals surface area contributed by atoms with Gasteiger partial charge in [-0.3, -0.25) is 14.9 Å². The van der Waals surface area contributed by atoms with E-state index in [4.69, 9.17) is 21.1 Å². The van der Waals surface area contributed by atoms with Gasteiger partial charge in [-0.15, -0.1) is 0 Å². The molecule has 0 bridgehead atoms. The smallest absolute Gasteiger partial charge is 0.321 e. The first kappa shape index (κ1) is 22.6. The Balaban J connectivity index is 2.48. The number of methoxy groups -OCH3 is 1. The normalized spacial score (nSPS) is 11.3. The molecule has 0 aliphatic rings. The van der Waals surface area contributed by atoms with E-state index in [0.29, 0.717) is 10.6 Å². The Morgan fingerprint density at radius 1 is 1.21 bits per heavy atom. The predicted molar refractivity (Wildman–Crippen MR) is 105 cm³/mol. The van der Waals surface area contributed by atoms with E-state index in [1.807, 2.05) is 0 Å². The third kappa shape index (κ3) is 5.66. The van der Waals surface area contributed by atoms with Crippen molar-refractivity contribution in [3.63, 3.8) is 0 Å². The summed E-state index contributed by atoms with van der Waals surface area (Å²) in [6.07, 6.45) is 0. The number of ether oxygens (including phenoxy) is 2. The number of rotatable bonds is 9. The summed E-state index contributed by atoms with van der Waals surface area (Å²) in [5.41, 5.74) is 0.263. The first-order chi connectivity index (χ1) is 13.7. The summed E-state index contributed by atoms with van der Waals surface area (Å²) >= 11 is 5.86. The van der Waals surface area contributed by atoms with Crippen molar-refractivity contribution in [2.75, 3.05) is 20.3 Å². The van der Waals surface area contributed by atoms with Gasteiger partial charge in [-0.05, 0) is 30.7 Å². The number of esters is 1. The first-order valence-corrected chi connectivity index (χ1v) is 10.2. The van der Waals surface area contributed by atoms with Gasteiger partial charge >= 0.3 is 5.97 Å². The zero-order valence-corrected chi connectivity index (χ0v) is 17.3. The van der Waals surface area contributed by atoms with Crippen molar-refractivity contribution in [2.45, 2.75) is 18.4 Å². The molecule has 0 saturated heterocycles. The quantitative estimate of drug-likeness (QED) is 0.333. The van der Waals surface area contributed by atoms with Crippen LogP contribution >= 0.6 is 11.6 Å². The van der Waals surface area contributed by atoms with Crippen LogP contribution in [0.2, 0.25) is 5.02 Å². The van der Waals surface area contributed by atoms with Crippen LogP contribution in [0, 0.1) is 10.1 Å². The van der Waals surface area contributed by atoms with Crippen LogP contribution in [0.25, 0.3) is 0 Å². The number of sulfonamides is 1. The second-order valence-corrected chi connectivity index (χ2v) is 8.14. The number of carbonyl (C=O) groups is 1. The molecule has 0 aliphatic carbocycles. The minimum atomic E-state index is -4.26. The fourth-order valence-electron chi connectivity index (χ4n) is 2.49. The molecule has 0 amide bonds. The Bertz CT molecular complexity index is 994. The highest BCUT2D eigenvalue weighted by atomic mass is 35.5. The highest BCUT2D eigenvalue weighted by Gasteiger charge is 2.31. The molecule has 2 aromatic carbocycles. The van der Waals surface area contributed by atoms with Crippen molar-refractivity contribution < 1.29 is 27.6 Å². The lowest BCUT2D eigenvalue weighted by Gasteiger charge is -2.22. The van der Waals surface area contributed by atoms with E-state index >= 15 is 0 Å². The van der Waals surface area contributed by atoms with Gasteiger partial charge in [0.25, 0.3) is 5.69 Å². The molecular formula is C18H19ClN2O7S. The van der Waals surface area contributed by atoms with E-state index < -0.39 is 27.5 Å². The molecule has 0 saturated carbocycles. The summed E-state index contributed by atoms with van der Waals surface area (Å²) in [5, 5.41) is 11.4. The molecule has 9 nitrogen and oxygen atoms in total. The number of non-ortho nitro benzene ring substituents is 1. The maximum atomic E-state index is 13.2. The molecule has 0 spiro atoms. The molecule has 2 aromatic rings. The van der Waals surface area contributed by atoms with E-state index in [9.17, 15) is 23.3 Å². The summed E-state index contributed by atoms with van der Waals surface area (Å²) in [4.78, 5) is 22.0. The van der Waals surface area contributed by atoms with Crippen molar-refractivity contribution in [1.29, 1.82) is 0 Å². The Morgan fingerprint density at radius 2 is 1.86 bits per heavy atom. The number of hydrogen-bond acceptors (Lipinski definition) is 7. The highest BCUT2D eigenvalue weighted by Crippen LogP contribution is 2.31. The Labute approximate surface area is 173 Å². The van der Waals surface area contributed by atoms with Gasteiger partial charge in [0.1, 0.15) is 17.2 Å². The number of benzene rings is 2. The summed E-state index contributed by atoms with van der Waals surface area (Å²) < 4.78 is 37.3. The van der Waals surface area contributed by atoms with Gasteiger partial charge in [0.15, 0.2) is 0 Å². The van der Waals surface area contributed by atoms with Gasteiger partial charge < -0.3 is 9.47 Å². The number of halogens is 1. The minimum Gasteiger partial charge on any atom is -0.495 e. The lowest BCUT2D eigenvalue weighted by atomic mass is 10.2. The van der Waals surface area contributed by atoms with Gasteiger partial charge in [-0.1, -0.05) is 23.7 Å². The molecule has 11 heteroatoms. The topological polar surface area (TPSA) is 116 Å². The van der Waals surface area contributed by atoms with Crippen molar-refractivity contribution >= 4 is 33.3 Å². The Hall–Kier alpha value is -2.69. The SMILES string of the molecule is CCOC(=O)CN(Cc1ccc(Cl)cc1)S(=O)(=O)c1ccc([N+](=O)[O-])cc1OC. The molecule has 0 heterocycles.